The molecule has 0 fully saturated rings. The van der Waals surface area contributed by atoms with Gasteiger partial charge in [-0.2, -0.15) is 0 Å². The van der Waals surface area contributed by atoms with E-state index in [1.165, 1.54) is 44.9 Å². The fraction of sp³-hybridized carbons (Fsp3) is 0.895. The molecule has 0 heteroatoms. The van der Waals surface area contributed by atoms with Crippen molar-refractivity contribution in [2.75, 3.05) is 0 Å². The van der Waals surface area contributed by atoms with Gasteiger partial charge in [0.2, 0.25) is 0 Å². The van der Waals surface area contributed by atoms with E-state index >= 15 is 0 Å². The number of allylic oxidation sites excluding steroid dienone is 2. The molecule has 0 aliphatic rings. The van der Waals surface area contributed by atoms with Gasteiger partial charge >= 0.3 is 0 Å². The van der Waals surface area contributed by atoms with Crippen LogP contribution in [0.5, 0.6) is 0 Å². The van der Waals surface area contributed by atoms with E-state index in [1.807, 2.05) is 0 Å². The van der Waals surface area contributed by atoms with E-state index in [1.54, 1.807) is 0 Å². The zero-order valence-corrected chi connectivity index (χ0v) is 14.4. The van der Waals surface area contributed by atoms with Crippen LogP contribution in [-0.2, 0) is 0 Å². The van der Waals surface area contributed by atoms with Crippen LogP contribution in [0, 0.1) is 23.7 Å². The maximum absolute atomic E-state index is 2.46. The lowest BCUT2D eigenvalue weighted by atomic mass is 9.83. The summed E-state index contributed by atoms with van der Waals surface area (Å²) in [5.74, 6) is 3.60. The lowest BCUT2D eigenvalue weighted by Crippen LogP contribution is -2.11. The Morgan fingerprint density at radius 3 is 1.74 bits per heavy atom. The van der Waals surface area contributed by atoms with E-state index in [4.69, 9.17) is 0 Å². The second-order valence-corrected chi connectivity index (χ2v) is 6.87. The molecular weight excluding hydrogens is 228 g/mol. The summed E-state index contributed by atoms with van der Waals surface area (Å²) in [5.41, 5.74) is 0. The number of hydrogen-bond donors (Lipinski definition) is 0. The molecule has 0 saturated carbocycles. The highest BCUT2D eigenvalue weighted by molar-refractivity contribution is 4.77. The van der Waals surface area contributed by atoms with Gasteiger partial charge in [-0.25, -0.2) is 0 Å². The van der Waals surface area contributed by atoms with Crippen molar-refractivity contribution in [3.63, 3.8) is 0 Å². The van der Waals surface area contributed by atoms with Crippen LogP contribution in [0.15, 0.2) is 12.2 Å². The standard InChI is InChI=1S/C19H38/c1-7-9-10-11-17(4)13-15-19(6)18(5)14-12-16(3)8-2/h7,9,16-19H,8,10-15H2,1-6H3/b9-7+. The molecule has 0 heterocycles. The van der Waals surface area contributed by atoms with E-state index in [-0.39, 0.29) is 0 Å². The van der Waals surface area contributed by atoms with Crippen molar-refractivity contribution in [2.24, 2.45) is 23.7 Å². The van der Waals surface area contributed by atoms with Crippen LogP contribution in [0.25, 0.3) is 0 Å². The summed E-state index contributed by atoms with van der Waals surface area (Å²) in [7, 11) is 0. The smallest absolute Gasteiger partial charge is 0.0348 e. The SMILES string of the molecule is C/C=C/CCC(C)CCC(C)C(C)CCC(C)CC. The molecule has 0 aromatic rings. The monoisotopic (exact) mass is 266 g/mol. The molecule has 0 bridgehead atoms. The molecule has 0 saturated heterocycles. The van der Waals surface area contributed by atoms with Gasteiger partial charge in [0.25, 0.3) is 0 Å². The van der Waals surface area contributed by atoms with E-state index in [9.17, 15) is 0 Å². The van der Waals surface area contributed by atoms with Crippen LogP contribution in [-0.4, -0.2) is 0 Å². The first kappa shape index (κ1) is 18.7. The molecule has 0 amide bonds. The van der Waals surface area contributed by atoms with Gasteiger partial charge in [0, 0.05) is 0 Å². The molecule has 0 aromatic carbocycles. The first-order valence-electron chi connectivity index (χ1n) is 8.62. The Morgan fingerprint density at radius 1 is 0.737 bits per heavy atom. The summed E-state index contributed by atoms with van der Waals surface area (Å²) >= 11 is 0. The van der Waals surface area contributed by atoms with Gasteiger partial charge in [-0.3, -0.25) is 0 Å². The van der Waals surface area contributed by atoms with Gasteiger partial charge in [-0.15, -0.1) is 0 Å². The predicted molar refractivity (Wildman–Crippen MR) is 89.5 cm³/mol. The van der Waals surface area contributed by atoms with Crippen molar-refractivity contribution >= 4 is 0 Å². The highest BCUT2D eigenvalue weighted by Crippen LogP contribution is 2.26. The molecule has 0 nitrogen and oxygen atoms in total. The summed E-state index contributed by atoms with van der Waals surface area (Å²) in [6, 6.07) is 0. The average molecular weight is 267 g/mol. The minimum atomic E-state index is 0.889. The molecule has 0 N–H and O–H groups in total. The Balaban J connectivity index is 3.73. The molecule has 0 aromatic heterocycles. The molecule has 114 valence electrons. The predicted octanol–water partition coefficient (Wildman–Crippen LogP) is 6.86. The third-order valence-corrected chi connectivity index (χ3v) is 4.96. The van der Waals surface area contributed by atoms with Crippen molar-refractivity contribution in [1.82, 2.24) is 0 Å². The van der Waals surface area contributed by atoms with Crippen LogP contribution in [0.4, 0.5) is 0 Å². The second-order valence-electron chi connectivity index (χ2n) is 6.87. The zero-order chi connectivity index (χ0) is 14.7. The normalized spacial score (nSPS) is 18.4. The van der Waals surface area contributed by atoms with Gasteiger partial charge in [-0.1, -0.05) is 78.9 Å². The third kappa shape index (κ3) is 10.2. The van der Waals surface area contributed by atoms with Gasteiger partial charge in [0.05, 0.1) is 0 Å². The molecule has 0 aliphatic carbocycles. The highest BCUT2D eigenvalue weighted by Gasteiger charge is 2.14. The van der Waals surface area contributed by atoms with Crippen LogP contribution >= 0.6 is 0 Å². The zero-order valence-electron chi connectivity index (χ0n) is 14.4. The first-order chi connectivity index (χ1) is 9.01. The minimum Gasteiger partial charge on any atom is -0.0917 e. The summed E-state index contributed by atoms with van der Waals surface area (Å²) < 4.78 is 0. The summed E-state index contributed by atoms with van der Waals surface area (Å²) in [4.78, 5) is 0. The van der Waals surface area contributed by atoms with Crippen LogP contribution < -0.4 is 0 Å². The Bertz CT molecular complexity index is 216. The van der Waals surface area contributed by atoms with Crippen LogP contribution in [0.3, 0.4) is 0 Å². The molecule has 0 rings (SSSR count). The number of hydrogen-bond acceptors (Lipinski definition) is 0. The van der Waals surface area contributed by atoms with Crippen molar-refractivity contribution in [3.8, 4) is 0 Å². The van der Waals surface area contributed by atoms with Crippen molar-refractivity contribution in [1.29, 1.82) is 0 Å². The first-order valence-corrected chi connectivity index (χ1v) is 8.62. The molecule has 0 radical (unpaired) electrons. The quantitative estimate of drug-likeness (QED) is 0.358. The lowest BCUT2D eigenvalue weighted by molar-refractivity contribution is 0.292. The third-order valence-electron chi connectivity index (χ3n) is 4.96. The van der Waals surface area contributed by atoms with E-state index in [0.29, 0.717) is 0 Å². The minimum absolute atomic E-state index is 0.889. The fourth-order valence-corrected chi connectivity index (χ4v) is 2.56. The summed E-state index contributed by atoms with van der Waals surface area (Å²) in [6.45, 7) is 14.1. The van der Waals surface area contributed by atoms with Gasteiger partial charge in [0.1, 0.15) is 0 Å². The molecule has 4 atom stereocenters. The largest absolute Gasteiger partial charge is 0.0917 e. The molecule has 0 spiro atoms. The molecular formula is C19H38. The van der Waals surface area contributed by atoms with E-state index in [0.717, 1.165) is 23.7 Å². The van der Waals surface area contributed by atoms with E-state index in [2.05, 4.69) is 53.7 Å². The Kier molecular flexibility index (Phi) is 11.4. The van der Waals surface area contributed by atoms with Crippen LogP contribution in [0.1, 0.15) is 86.5 Å². The van der Waals surface area contributed by atoms with E-state index < -0.39 is 0 Å². The maximum Gasteiger partial charge on any atom is -0.0348 e. The summed E-state index contributed by atoms with van der Waals surface area (Å²) in [6.07, 6.45) is 14.1. The van der Waals surface area contributed by atoms with Gasteiger partial charge in [-0.05, 0) is 43.4 Å². The molecule has 0 aliphatic heterocycles. The van der Waals surface area contributed by atoms with Crippen molar-refractivity contribution < 1.29 is 0 Å². The second kappa shape index (κ2) is 11.6. The summed E-state index contributed by atoms with van der Waals surface area (Å²) in [5, 5.41) is 0. The van der Waals surface area contributed by atoms with Crippen molar-refractivity contribution in [3.05, 3.63) is 12.2 Å². The van der Waals surface area contributed by atoms with Crippen LogP contribution in [0.2, 0.25) is 0 Å². The van der Waals surface area contributed by atoms with Gasteiger partial charge < -0.3 is 0 Å². The fourth-order valence-electron chi connectivity index (χ4n) is 2.56. The Labute approximate surface area is 123 Å². The Morgan fingerprint density at radius 2 is 1.26 bits per heavy atom. The maximum atomic E-state index is 2.46. The Hall–Kier alpha value is -0.260. The number of rotatable bonds is 11. The highest BCUT2D eigenvalue weighted by atomic mass is 14.2. The average Bonchev–Trinajstić information content (AvgIpc) is 2.41. The lowest BCUT2D eigenvalue weighted by Gasteiger charge is -2.22. The molecule has 19 heavy (non-hydrogen) atoms. The molecule has 4 unspecified atom stereocenters. The topological polar surface area (TPSA) is 0 Å². The van der Waals surface area contributed by atoms with Gasteiger partial charge in [0.15, 0.2) is 0 Å². The van der Waals surface area contributed by atoms with Crippen molar-refractivity contribution in [2.45, 2.75) is 86.5 Å².